The predicted octanol–water partition coefficient (Wildman–Crippen LogP) is 3.77. The monoisotopic (exact) mass is 268 g/mol. The van der Waals surface area contributed by atoms with Crippen LogP contribution < -0.4 is 0 Å². The normalized spacial score (nSPS) is 12.6. The Bertz CT molecular complexity index is 418. The van der Waals surface area contributed by atoms with Gasteiger partial charge in [-0.3, -0.25) is 4.79 Å². The van der Waals surface area contributed by atoms with Crippen LogP contribution in [0.2, 0.25) is 18.1 Å². The predicted molar refractivity (Wildman–Crippen MR) is 73.7 cm³/mol. The van der Waals surface area contributed by atoms with Crippen molar-refractivity contribution < 1.29 is 14.0 Å². The number of carbonyl (C=O) groups is 1. The molecule has 100 valence electrons. The zero-order valence-electron chi connectivity index (χ0n) is 11.5. The molecule has 0 aliphatic heterocycles. The van der Waals surface area contributed by atoms with E-state index in [2.05, 4.69) is 0 Å². The standard InChI is InChI=1S/C14H21FO2Si/c1-14(2,18(3,4)17)10-9-13(16)11-5-7-12(15)8-6-11/h5-8,17H,9-10H2,1-4H3. The molecular formula is C14H21FO2Si. The topological polar surface area (TPSA) is 37.3 Å². The maximum atomic E-state index is 12.7. The molecule has 0 fully saturated rings. The minimum Gasteiger partial charge on any atom is -0.432 e. The Morgan fingerprint density at radius 3 is 2.22 bits per heavy atom. The van der Waals surface area contributed by atoms with Gasteiger partial charge in [0.15, 0.2) is 14.1 Å². The van der Waals surface area contributed by atoms with Gasteiger partial charge in [0.05, 0.1) is 0 Å². The Morgan fingerprint density at radius 1 is 1.28 bits per heavy atom. The van der Waals surface area contributed by atoms with Gasteiger partial charge in [-0.1, -0.05) is 13.8 Å². The van der Waals surface area contributed by atoms with Gasteiger partial charge in [0.25, 0.3) is 0 Å². The van der Waals surface area contributed by atoms with E-state index in [4.69, 9.17) is 0 Å². The summed E-state index contributed by atoms with van der Waals surface area (Å²) < 4.78 is 12.7. The van der Waals surface area contributed by atoms with Gasteiger partial charge in [0, 0.05) is 12.0 Å². The van der Waals surface area contributed by atoms with Crippen LogP contribution >= 0.6 is 0 Å². The Balaban J connectivity index is 2.65. The van der Waals surface area contributed by atoms with Gasteiger partial charge in [0.2, 0.25) is 0 Å². The lowest BCUT2D eigenvalue weighted by molar-refractivity contribution is 0.0975. The maximum Gasteiger partial charge on any atom is 0.188 e. The third-order valence-corrected chi connectivity index (χ3v) is 7.36. The number of carbonyl (C=O) groups excluding carboxylic acids is 1. The van der Waals surface area contributed by atoms with Crippen LogP contribution in [0.1, 0.15) is 37.0 Å². The van der Waals surface area contributed by atoms with Gasteiger partial charge in [0.1, 0.15) is 5.82 Å². The van der Waals surface area contributed by atoms with E-state index in [1.165, 1.54) is 24.3 Å². The lowest BCUT2D eigenvalue weighted by Crippen LogP contribution is -2.39. The number of halogens is 1. The van der Waals surface area contributed by atoms with Gasteiger partial charge in [-0.05, 0) is 48.8 Å². The molecule has 0 aromatic heterocycles. The highest BCUT2D eigenvalue weighted by Gasteiger charge is 2.37. The molecule has 0 amide bonds. The number of hydrogen-bond donors (Lipinski definition) is 1. The second-order valence-corrected chi connectivity index (χ2v) is 10.3. The first-order valence-electron chi connectivity index (χ1n) is 6.15. The van der Waals surface area contributed by atoms with Crippen molar-refractivity contribution in [2.75, 3.05) is 0 Å². The SMILES string of the molecule is CC(C)(CCC(=O)c1ccc(F)cc1)[Si](C)(C)O. The third-order valence-electron chi connectivity index (χ3n) is 3.80. The fourth-order valence-electron chi connectivity index (χ4n) is 1.51. The molecule has 1 aromatic carbocycles. The van der Waals surface area contributed by atoms with Gasteiger partial charge in [-0.15, -0.1) is 0 Å². The third kappa shape index (κ3) is 3.75. The molecule has 0 aliphatic rings. The van der Waals surface area contributed by atoms with Crippen molar-refractivity contribution in [3.63, 3.8) is 0 Å². The first kappa shape index (κ1) is 15.1. The summed E-state index contributed by atoms with van der Waals surface area (Å²) in [6.07, 6.45) is 1.04. The number of Topliss-reactive ketones (excluding diaryl/α,β-unsaturated/α-hetero) is 1. The van der Waals surface area contributed by atoms with E-state index in [9.17, 15) is 14.0 Å². The van der Waals surface area contributed by atoms with Crippen molar-refractivity contribution in [3.8, 4) is 0 Å². The van der Waals surface area contributed by atoms with E-state index < -0.39 is 8.32 Å². The zero-order valence-corrected chi connectivity index (χ0v) is 12.5. The van der Waals surface area contributed by atoms with E-state index in [-0.39, 0.29) is 16.6 Å². The van der Waals surface area contributed by atoms with E-state index in [1.807, 2.05) is 26.9 Å². The summed E-state index contributed by atoms with van der Waals surface area (Å²) in [7, 11) is -2.27. The summed E-state index contributed by atoms with van der Waals surface area (Å²) in [5, 5.41) is -0.206. The highest BCUT2D eigenvalue weighted by Crippen LogP contribution is 2.40. The number of ketones is 1. The summed E-state index contributed by atoms with van der Waals surface area (Å²) in [6, 6.07) is 5.60. The van der Waals surface area contributed by atoms with Crippen LogP contribution in [-0.4, -0.2) is 18.9 Å². The second kappa shape index (κ2) is 5.32. The number of rotatable bonds is 5. The minimum atomic E-state index is -2.27. The van der Waals surface area contributed by atoms with E-state index in [0.717, 1.165) is 0 Å². The molecule has 18 heavy (non-hydrogen) atoms. The quantitative estimate of drug-likeness (QED) is 0.652. The number of hydrogen-bond acceptors (Lipinski definition) is 2. The molecule has 0 saturated carbocycles. The summed E-state index contributed by atoms with van der Waals surface area (Å²) >= 11 is 0. The number of benzene rings is 1. The zero-order chi connectivity index (χ0) is 14.0. The van der Waals surface area contributed by atoms with Crippen molar-refractivity contribution in [2.45, 2.75) is 44.8 Å². The summed E-state index contributed by atoms with van der Waals surface area (Å²) in [5.41, 5.74) is 0.532. The molecule has 1 N–H and O–H groups in total. The van der Waals surface area contributed by atoms with E-state index >= 15 is 0 Å². The molecule has 4 heteroatoms. The molecule has 0 atom stereocenters. The summed E-state index contributed by atoms with van der Waals surface area (Å²) in [5.74, 6) is -0.336. The lowest BCUT2D eigenvalue weighted by Gasteiger charge is -2.34. The highest BCUT2D eigenvalue weighted by atomic mass is 28.4. The van der Waals surface area contributed by atoms with Crippen LogP contribution in [0, 0.1) is 5.82 Å². The molecule has 0 unspecified atom stereocenters. The van der Waals surface area contributed by atoms with Crippen LogP contribution in [0.15, 0.2) is 24.3 Å². The molecular weight excluding hydrogens is 247 g/mol. The van der Waals surface area contributed by atoms with Crippen LogP contribution in [0.3, 0.4) is 0 Å². The molecule has 0 heterocycles. The Hall–Kier alpha value is -1.00. The van der Waals surface area contributed by atoms with E-state index in [1.54, 1.807) is 0 Å². The van der Waals surface area contributed by atoms with Gasteiger partial charge in [-0.25, -0.2) is 4.39 Å². The second-order valence-electron chi connectivity index (χ2n) is 5.87. The average molecular weight is 268 g/mol. The molecule has 0 aliphatic carbocycles. The van der Waals surface area contributed by atoms with Crippen molar-refractivity contribution in [1.82, 2.24) is 0 Å². The Labute approximate surface area is 109 Å². The first-order valence-corrected chi connectivity index (χ1v) is 9.09. The van der Waals surface area contributed by atoms with Gasteiger partial charge >= 0.3 is 0 Å². The van der Waals surface area contributed by atoms with Crippen LogP contribution in [-0.2, 0) is 0 Å². The molecule has 1 rings (SSSR count). The van der Waals surface area contributed by atoms with Crippen LogP contribution in [0.4, 0.5) is 4.39 Å². The average Bonchev–Trinajstić information content (AvgIpc) is 2.25. The Kier molecular flexibility index (Phi) is 4.45. The van der Waals surface area contributed by atoms with Crippen LogP contribution in [0.5, 0.6) is 0 Å². The van der Waals surface area contributed by atoms with Crippen molar-refractivity contribution in [1.29, 1.82) is 0 Å². The molecule has 0 radical (unpaired) electrons. The maximum absolute atomic E-state index is 12.7. The summed E-state index contributed by atoms with van der Waals surface area (Å²) in [4.78, 5) is 22.1. The van der Waals surface area contributed by atoms with Crippen LogP contribution in [0.25, 0.3) is 0 Å². The van der Waals surface area contributed by atoms with Crippen molar-refractivity contribution in [2.24, 2.45) is 0 Å². The largest absolute Gasteiger partial charge is 0.432 e. The highest BCUT2D eigenvalue weighted by molar-refractivity contribution is 6.72. The fraction of sp³-hybridized carbons (Fsp3) is 0.500. The molecule has 2 nitrogen and oxygen atoms in total. The van der Waals surface area contributed by atoms with Gasteiger partial charge < -0.3 is 4.80 Å². The van der Waals surface area contributed by atoms with Crippen molar-refractivity contribution >= 4 is 14.1 Å². The molecule has 0 saturated heterocycles. The fourth-order valence-corrected chi connectivity index (χ4v) is 2.25. The van der Waals surface area contributed by atoms with E-state index in [0.29, 0.717) is 18.4 Å². The minimum absolute atomic E-state index is 0.00123. The lowest BCUT2D eigenvalue weighted by atomic mass is 10.0. The van der Waals surface area contributed by atoms with Gasteiger partial charge in [-0.2, -0.15) is 0 Å². The van der Waals surface area contributed by atoms with Crippen molar-refractivity contribution in [3.05, 3.63) is 35.6 Å². The Morgan fingerprint density at radius 2 is 1.78 bits per heavy atom. The molecule has 0 spiro atoms. The molecule has 1 aromatic rings. The smallest absolute Gasteiger partial charge is 0.188 e. The first-order chi connectivity index (χ1) is 8.13. The summed E-state index contributed by atoms with van der Waals surface area (Å²) in [6.45, 7) is 7.76. The molecule has 0 bridgehead atoms.